The molecule has 1 aromatic carbocycles. The summed E-state index contributed by atoms with van der Waals surface area (Å²) in [6, 6.07) is 8.18. The predicted molar refractivity (Wildman–Crippen MR) is 112 cm³/mol. The van der Waals surface area contributed by atoms with Gasteiger partial charge in [0.25, 0.3) is 5.91 Å². The van der Waals surface area contributed by atoms with Gasteiger partial charge in [0, 0.05) is 5.69 Å². The lowest BCUT2D eigenvalue weighted by molar-refractivity contribution is 0.0169. The summed E-state index contributed by atoms with van der Waals surface area (Å²) in [5, 5.41) is 14.7. The number of rotatable bonds is 6. The Balaban J connectivity index is 1.37. The van der Waals surface area contributed by atoms with Crippen molar-refractivity contribution < 1.29 is 9.53 Å². The van der Waals surface area contributed by atoms with E-state index in [2.05, 4.69) is 20.9 Å². The van der Waals surface area contributed by atoms with Crippen LogP contribution in [0.4, 0.5) is 5.69 Å². The van der Waals surface area contributed by atoms with Gasteiger partial charge in [0.05, 0.1) is 24.4 Å². The van der Waals surface area contributed by atoms with Gasteiger partial charge >= 0.3 is 0 Å². The number of nitrogens with zero attached hydrogens (tertiary/aromatic N) is 3. The zero-order chi connectivity index (χ0) is 20.1. The second kappa shape index (κ2) is 9.50. The van der Waals surface area contributed by atoms with Gasteiger partial charge in [-0.25, -0.2) is 4.68 Å². The van der Waals surface area contributed by atoms with Crippen molar-refractivity contribution in [3.8, 4) is 0 Å². The molecule has 1 saturated heterocycles. The first-order valence-electron chi connectivity index (χ1n) is 10.8. The van der Waals surface area contributed by atoms with Crippen molar-refractivity contribution in [2.24, 2.45) is 0 Å². The van der Waals surface area contributed by atoms with Gasteiger partial charge in [-0.2, -0.15) is 0 Å². The third kappa shape index (κ3) is 5.03. The van der Waals surface area contributed by atoms with Gasteiger partial charge < -0.3 is 15.4 Å². The van der Waals surface area contributed by atoms with Crippen LogP contribution in [-0.4, -0.2) is 40.1 Å². The molecule has 4 rings (SSSR count). The average molecular weight is 398 g/mol. The van der Waals surface area contributed by atoms with Gasteiger partial charge in [-0.1, -0.05) is 36.6 Å². The normalized spacial score (nSPS) is 18.7. The van der Waals surface area contributed by atoms with E-state index in [0.29, 0.717) is 24.4 Å². The summed E-state index contributed by atoms with van der Waals surface area (Å²) >= 11 is 0. The number of aromatic nitrogens is 3. The highest BCUT2D eigenvalue weighted by Crippen LogP contribution is 2.23. The Bertz CT molecular complexity index is 822. The third-order valence-corrected chi connectivity index (χ3v) is 6.02. The minimum absolute atomic E-state index is 0.215. The molecule has 0 bridgehead atoms. The molecule has 1 amide bonds. The molecule has 156 valence electrons. The molecule has 2 aromatic rings. The second-order valence-corrected chi connectivity index (χ2v) is 8.17. The fourth-order valence-electron chi connectivity index (χ4n) is 4.32. The number of anilines is 1. The molecule has 2 fully saturated rings. The monoisotopic (exact) mass is 397 g/mol. The van der Waals surface area contributed by atoms with E-state index < -0.39 is 0 Å². The van der Waals surface area contributed by atoms with E-state index in [1.54, 1.807) is 0 Å². The van der Waals surface area contributed by atoms with Crippen LogP contribution >= 0.6 is 0 Å². The maximum Gasteiger partial charge on any atom is 0.278 e. The van der Waals surface area contributed by atoms with Crippen molar-refractivity contribution in [1.29, 1.82) is 0 Å². The van der Waals surface area contributed by atoms with E-state index in [4.69, 9.17) is 4.74 Å². The molecular formula is C22H31N5O2. The summed E-state index contributed by atoms with van der Waals surface area (Å²) in [6.45, 7) is 4.45. The Hall–Kier alpha value is -2.25. The lowest BCUT2D eigenvalue weighted by atomic mass is 9.98. The maximum atomic E-state index is 12.8. The fraction of sp³-hybridized carbons (Fsp3) is 0.591. The molecule has 2 aliphatic rings. The molecule has 2 N–H and O–H groups in total. The molecular weight excluding hydrogens is 366 g/mol. The summed E-state index contributed by atoms with van der Waals surface area (Å²) in [5.74, 6) is -0.215. The Morgan fingerprint density at radius 2 is 2.00 bits per heavy atom. The van der Waals surface area contributed by atoms with Gasteiger partial charge in [0.2, 0.25) is 0 Å². The van der Waals surface area contributed by atoms with Gasteiger partial charge in [-0.15, -0.1) is 5.10 Å². The molecule has 1 saturated carbocycles. The standard InChI is InChI=1S/C22H31N5O2/c1-16-21(25-26-27(16)19-10-12-23-13-11-19)22(28)24-18-7-5-6-17(14-18)15-29-20-8-3-2-4-9-20/h5-7,14,19-20,23H,2-4,8-13,15H2,1H3,(H,24,28). The summed E-state index contributed by atoms with van der Waals surface area (Å²) in [7, 11) is 0. The summed E-state index contributed by atoms with van der Waals surface area (Å²) in [6.07, 6.45) is 8.54. The van der Waals surface area contributed by atoms with E-state index in [-0.39, 0.29) is 5.91 Å². The Labute approximate surface area is 172 Å². The van der Waals surface area contributed by atoms with Crippen LogP contribution in [-0.2, 0) is 11.3 Å². The van der Waals surface area contributed by atoms with Gasteiger partial charge in [-0.3, -0.25) is 4.79 Å². The molecule has 0 spiro atoms. The lowest BCUT2D eigenvalue weighted by Crippen LogP contribution is -2.30. The van der Waals surface area contributed by atoms with Crippen LogP contribution in [0, 0.1) is 6.92 Å². The molecule has 0 unspecified atom stereocenters. The maximum absolute atomic E-state index is 12.8. The van der Waals surface area contributed by atoms with Crippen molar-refractivity contribution in [1.82, 2.24) is 20.3 Å². The van der Waals surface area contributed by atoms with E-state index >= 15 is 0 Å². The number of hydrogen-bond acceptors (Lipinski definition) is 5. The van der Waals surface area contributed by atoms with Crippen LogP contribution in [0.3, 0.4) is 0 Å². The van der Waals surface area contributed by atoms with Gasteiger partial charge in [0.1, 0.15) is 0 Å². The lowest BCUT2D eigenvalue weighted by Gasteiger charge is -2.23. The molecule has 7 nitrogen and oxygen atoms in total. The minimum atomic E-state index is -0.215. The second-order valence-electron chi connectivity index (χ2n) is 8.17. The molecule has 2 heterocycles. The number of carbonyl (C=O) groups excluding carboxylic acids is 1. The number of benzene rings is 1. The molecule has 29 heavy (non-hydrogen) atoms. The predicted octanol–water partition coefficient (Wildman–Crippen LogP) is 3.61. The van der Waals surface area contributed by atoms with Crippen LogP contribution in [0.2, 0.25) is 0 Å². The number of carbonyl (C=O) groups is 1. The van der Waals surface area contributed by atoms with E-state index in [1.165, 1.54) is 19.3 Å². The van der Waals surface area contributed by atoms with Crippen molar-refractivity contribution in [3.63, 3.8) is 0 Å². The smallest absolute Gasteiger partial charge is 0.278 e. The molecule has 0 atom stereocenters. The quantitative estimate of drug-likeness (QED) is 0.778. The number of hydrogen-bond donors (Lipinski definition) is 2. The molecule has 1 aliphatic carbocycles. The largest absolute Gasteiger partial charge is 0.374 e. The molecule has 1 aromatic heterocycles. The summed E-state index contributed by atoms with van der Waals surface area (Å²) < 4.78 is 7.97. The Morgan fingerprint density at radius 1 is 1.21 bits per heavy atom. The van der Waals surface area contributed by atoms with E-state index in [1.807, 2.05) is 35.9 Å². The van der Waals surface area contributed by atoms with Crippen molar-refractivity contribution in [2.75, 3.05) is 18.4 Å². The third-order valence-electron chi connectivity index (χ3n) is 6.02. The fourth-order valence-corrected chi connectivity index (χ4v) is 4.32. The van der Waals surface area contributed by atoms with E-state index in [9.17, 15) is 4.79 Å². The zero-order valence-corrected chi connectivity index (χ0v) is 17.2. The highest BCUT2D eigenvalue weighted by molar-refractivity contribution is 6.03. The van der Waals surface area contributed by atoms with E-state index in [0.717, 1.165) is 55.7 Å². The SMILES string of the molecule is Cc1c(C(=O)Nc2cccc(COC3CCCCC3)c2)nnn1C1CCNCC1. The van der Waals surface area contributed by atoms with Crippen LogP contribution in [0.1, 0.15) is 72.7 Å². The number of nitrogens with one attached hydrogen (secondary N) is 2. The summed E-state index contributed by atoms with van der Waals surface area (Å²) in [5.41, 5.74) is 3.05. The van der Waals surface area contributed by atoms with Gasteiger partial charge in [0.15, 0.2) is 5.69 Å². The molecule has 1 aliphatic heterocycles. The van der Waals surface area contributed by atoms with Gasteiger partial charge in [-0.05, 0) is 63.4 Å². The highest BCUT2D eigenvalue weighted by atomic mass is 16.5. The Morgan fingerprint density at radius 3 is 2.79 bits per heavy atom. The topological polar surface area (TPSA) is 81.1 Å². The first-order valence-corrected chi connectivity index (χ1v) is 10.8. The van der Waals surface area contributed by atoms with Crippen molar-refractivity contribution in [2.45, 2.75) is 70.6 Å². The number of piperidine rings is 1. The number of amides is 1. The van der Waals surface area contributed by atoms with Crippen molar-refractivity contribution in [3.05, 3.63) is 41.2 Å². The highest BCUT2D eigenvalue weighted by Gasteiger charge is 2.23. The van der Waals surface area contributed by atoms with Crippen LogP contribution in [0.5, 0.6) is 0 Å². The first-order chi connectivity index (χ1) is 14.2. The number of ether oxygens (including phenoxy) is 1. The summed E-state index contributed by atoms with van der Waals surface area (Å²) in [4.78, 5) is 12.8. The molecule has 7 heteroatoms. The van der Waals surface area contributed by atoms with Crippen LogP contribution in [0.15, 0.2) is 24.3 Å². The Kier molecular flexibility index (Phi) is 6.56. The van der Waals surface area contributed by atoms with Crippen LogP contribution in [0.25, 0.3) is 0 Å². The zero-order valence-electron chi connectivity index (χ0n) is 17.2. The minimum Gasteiger partial charge on any atom is -0.374 e. The molecule has 0 radical (unpaired) electrons. The van der Waals surface area contributed by atoms with Crippen LogP contribution < -0.4 is 10.6 Å². The van der Waals surface area contributed by atoms with Crippen molar-refractivity contribution >= 4 is 11.6 Å². The average Bonchev–Trinajstić information content (AvgIpc) is 3.15. The first kappa shape index (κ1) is 20.0.